The normalized spacial score (nSPS) is 15.0. The number of nitrogens with zero attached hydrogens (tertiary/aromatic N) is 4. The third-order valence-electron chi connectivity index (χ3n) is 6.97. The largest absolute Gasteiger partial charge is 0.480 e. The molecule has 0 saturated carbocycles. The number of carbonyl (C=O) groups is 2. The summed E-state index contributed by atoms with van der Waals surface area (Å²) in [4.78, 5) is 36.1. The van der Waals surface area contributed by atoms with Gasteiger partial charge in [-0.1, -0.05) is 36.4 Å². The summed E-state index contributed by atoms with van der Waals surface area (Å²) in [5.41, 5.74) is 4.86. The quantitative estimate of drug-likeness (QED) is 0.384. The van der Waals surface area contributed by atoms with E-state index >= 15 is 0 Å². The molecule has 0 radical (unpaired) electrons. The molecule has 3 heterocycles. The lowest BCUT2D eigenvalue weighted by atomic mass is 9.94. The predicted molar refractivity (Wildman–Crippen MR) is 142 cm³/mol. The fourth-order valence-electron chi connectivity index (χ4n) is 4.90. The van der Waals surface area contributed by atoms with Crippen LogP contribution in [0.15, 0.2) is 73.2 Å². The summed E-state index contributed by atoms with van der Waals surface area (Å²) in [5.74, 6) is -1.46. The van der Waals surface area contributed by atoms with Crippen LogP contribution in [-0.2, 0) is 22.6 Å². The first-order valence-electron chi connectivity index (χ1n) is 12.6. The number of piperidine rings is 1. The van der Waals surface area contributed by atoms with Gasteiger partial charge in [0.25, 0.3) is 0 Å². The van der Waals surface area contributed by atoms with E-state index in [0.717, 1.165) is 40.9 Å². The van der Waals surface area contributed by atoms with E-state index in [-0.39, 0.29) is 18.2 Å². The van der Waals surface area contributed by atoms with E-state index in [0.29, 0.717) is 25.1 Å². The molecule has 2 N–H and O–H groups in total. The third-order valence-corrected chi connectivity index (χ3v) is 6.97. The Morgan fingerprint density at radius 1 is 1.08 bits per heavy atom. The van der Waals surface area contributed by atoms with Crippen molar-refractivity contribution in [2.75, 3.05) is 18.0 Å². The Morgan fingerprint density at radius 2 is 1.86 bits per heavy atom. The van der Waals surface area contributed by atoms with E-state index in [1.807, 2.05) is 60.2 Å². The zero-order chi connectivity index (χ0) is 25.8. The van der Waals surface area contributed by atoms with Crippen LogP contribution in [-0.4, -0.2) is 50.6 Å². The molecule has 1 amide bonds. The summed E-state index contributed by atoms with van der Waals surface area (Å²) in [6.07, 6.45) is 5.03. The molecule has 8 nitrogen and oxygen atoms in total. The van der Waals surface area contributed by atoms with Crippen LogP contribution in [0.1, 0.15) is 29.8 Å². The van der Waals surface area contributed by atoms with Gasteiger partial charge in [-0.25, -0.2) is 9.78 Å². The molecule has 37 heavy (non-hydrogen) atoms. The Balaban J connectivity index is 1.16. The van der Waals surface area contributed by atoms with Gasteiger partial charge in [0.15, 0.2) is 0 Å². The second-order valence-electron chi connectivity index (χ2n) is 9.72. The minimum atomic E-state index is -1.05. The van der Waals surface area contributed by atoms with Crippen LogP contribution < -0.4 is 10.2 Å². The highest BCUT2D eigenvalue weighted by Crippen LogP contribution is 2.26. The van der Waals surface area contributed by atoms with Crippen LogP contribution in [0.25, 0.3) is 10.9 Å². The molecule has 1 aliphatic rings. The highest BCUT2D eigenvalue weighted by atomic mass is 16.4. The average molecular weight is 498 g/mol. The van der Waals surface area contributed by atoms with E-state index in [4.69, 9.17) is 0 Å². The predicted octanol–water partition coefficient (Wildman–Crippen LogP) is 3.82. The second-order valence-corrected chi connectivity index (χ2v) is 9.72. The van der Waals surface area contributed by atoms with Gasteiger partial charge in [0.05, 0.1) is 17.5 Å². The molecule has 1 aliphatic heterocycles. The zero-order valence-electron chi connectivity index (χ0n) is 20.9. The van der Waals surface area contributed by atoms with Crippen molar-refractivity contribution in [3.63, 3.8) is 0 Å². The molecule has 0 bridgehead atoms. The van der Waals surface area contributed by atoms with Crippen LogP contribution in [0.5, 0.6) is 0 Å². The number of amides is 1. The highest BCUT2D eigenvalue weighted by Gasteiger charge is 2.29. The fraction of sp³-hybridized carbons (Fsp3) is 0.310. The van der Waals surface area contributed by atoms with Gasteiger partial charge in [-0.05, 0) is 49.6 Å². The molecule has 2 aromatic carbocycles. The molecular weight excluding hydrogens is 466 g/mol. The van der Waals surface area contributed by atoms with Crippen molar-refractivity contribution >= 4 is 28.5 Å². The summed E-state index contributed by atoms with van der Waals surface area (Å²) in [6.45, 7) is 4.12. The minimum absolute atomic E-state index is 0.145. The first-order valence-corrected chi connectivity index (χ1v) is 12.6. The molecule has 1 atom stereocenters. The SMILES string of the molecule is Cc1ccc2cc(N3CCC(C(=O)NC(Cc4cn(Cc5ccccc5)cn4)C(=O)O)CC3)ccc2n1. The first-order chi connectivity index (χ1) is 17.9. The Labute approximate surface area is 216 Å². The van der Waals surface area contributed by atoms with Gasteiger partial charge in [0, 0.05) is 54.9 Å². The van der Waals surface area contributed by atoms with Crippen molar-refractivity contribution in [3.8, 4) is 0 Å². The van der Waals surface area contributed by atoms with E-state index in [2.05, 4.69) is 38.4 Å². The maximum absolute atomic E-state index is 13.0. The molecule has 4 aromatic rings. The van der Waals surface area contributed by atoms with Gasteiger partial charge in [0.2, 0.25) is 5.91 Å². The Morgan fingerprint density at radius 3 is 2.62 bits per heavy atom. The second kappa shape index (κ2) is 10.8. The van der Waals surface area contributed by atoms with Crippen molar-refractivity contribution in [3.05, 3.63) is 90.1 Å². The van der Waals surface area contributed by atoms with Gasteiger partial charge >= 0.3 is 5.97 Å². The molecular formula is C29H31N5O3. The lowest BCUT2D eigenvalue weighted by molar-refractivity contribution is -0.142. The monoisotopic (exact) mass is 497 g/mol. The molecule has 0 spiro atoms. The molecule has 1 saturated heterocycles. The molecule has 5 rings (SSSR count). The number of anilines is 1. The van der Waals surface area contributed by atoms with Crippen LogP contribution in [0.2, 0.25) is 0 Å². The van der Waals surface area contributed by atoms with Crippen molar-refractivity contribution in [2.24, 2.45) is 5.92 Å². The number of imidazole rings is 1. The maximum Gasteiger partial charge on any atom is 0.326 e. The zero-order valence-corrected chi connectivity index (χ0v) is 20.9. The first kappa shape index (κ1) is 24.5. The number of nitrogens with one attached hydrogen (secondary N) is 1. The number of aliphatic carboxylic acids is 1. The van der Waals surface area contributed by atoms with Crippen molar-refractivity contribution in [1.29, 1.82) is 0 Å². The number of aromatic nitrogens is 3. The summed E-state index contributed by atoms with van der Waals surface area (Å²) >= 11 is 0. The van der Waals surface area contributed by atoms with Gasteiger partial charge < -0.3 is 19.9 Å². The molecule has 2 aromatic heterocycles. The Hall–Kier alpha value is -4.20. The number of aryl methyl sites for hydroxylation is 1. The van der Waals surface area contributed by atoms with Gasteiger partial charge in [-0.2, -0.15) is 0 Å². The number of pyridine rings is 1. The smallest absolute Gasteiger partial charge is 0.326 e. The lowest BCUT2D eigenvalue weighted by Gasteiger charge is -2.33. The van der Waals surface area contributed by atoms with Crippen LogP contribution in [0.4, 0.5) is 5.69 Å². The fourth-order valence-corrected chi connectivity index (χ4v) is 4.90. The maximum atomic E-state index is 13.0. The Kier molecular flexibility index (Phi) is 7.16. The summed E-state index contributed by atoms with van der Waals surface area (Å²) in [6, 6.07) is 19.3. The topological polar surface area (TPSA) is 100 Å². The number of hydrogen-bond donors (Lipinski definition) is 2. The summed E-state index contributed by atoms with van der Waals surface area (Å²) in [7, 11) is 0. The molecule has 1 unspecified atom stereocenters. The van der Waals surface area contributed by atoms with Gasteiger partial charge in [-0.15, -0.1) is 0 Å². The van der Waals surface area contributed by atoms with Crippen LogP contribution >= 0.6 is 0 Å². The number of benzene rings is 2. The van der Waals surface area contributed by atoms with Crippen LogP contribution in [0, 0.1) is 12.8 Å². The third kappa shape index (κ3) is 5.97. The number of rotatable bonds is 8. The summed E-state index contributed by atoms with van der Waals surface area (Å²) < 4.78 is 1.92. The molecule has 190 valence electrons. The van der Waals surface area contributed by atoms with E-state index in [9.17, 15) is 14.7 Å². The number of carbonyl (C=O) groups excluding carboxylic acids is 1. The van der Waals surface area contributed by atoms with Crippen molar-refractivity contribution < 1.29 is 14.7 Å². The van der Waals surface area contributed by atoms with Crippen molar-refractivity contribution in [1.82, 2.24) is 19.9 Å². The van der Waals surface area contributed by atoms with Crippen molar-refractivity contribution in [2.45, 2.75) is 38.8 Å². The van der Waals surface area contributed by atoms with E-state index in [1.54, 1.807) is 6.33 Å². The number of carboxylic acids is 1. The molecule has 8 heteroatoms. The van der Waals surface area contributed by atoms with E-state index in [1.165, 1.54) is 0 Å². The highest BCUT2D eigenvalue weighted by molar-refractivity contribution is 5.86. The summed E-state index contributed by atoms with van der Waals surface area (Å²) in [5, 5.41) is 13.6. The van der Waals surface area contributed by atoms with Gasteiger partial charge in [0.1, 0.15) is 6.04 Å². The number of carboxylic acid groups (broad SMARTS) is 1. The minimum Gasteiger partial charge on any atom is -0.480 e. The number of fused-ring (bicyclic) bond motifs is 1. The number of hydrogen-bond acceptors (Lipinski definition) is 5. The Bertz CT molecular complexity index is 1390. The average Bonchev–Trinajstić information content (AvgIpc) is 3.35. The lowest BCUT2D eigenvalue weighted by Crippen LogP contribution is -2.47. The molecule has 1 fully saturated rings. The standard InChI is InChI=1S/C29H31N5O3/c1-20-7-8-23-15-25(9-10-26(23)31-20)34-13-11-22(12-14-34)28(35)32-27(29(36)37)16-24-18-33(19-30-24)17-21-5-3-2-4-6-21/h2-10,15,18-19,22,27H,11-14,16-17H2,1H3,(H,32,35)(H,36,37). The molecule has 0 aliphatic carbocycles. The van der Waals surface area contributed by atoms with E-state index < -0.39 is 12.0 Å². The van der Waals surface area contributed by atoms with Crippen LogP contribution in [0.3, 0.4) is 0 Å². The van der Waals surface area contributed by atoms with Gasteiger partial charge in [-0.3, -0.25) is 9.78 Å².